The molecule has 0 aromatic carbocycles. The van der Waals surface area contributed by atoms with Gasteiger partial charge in [-0.25, -0.2) is 4.79 Å². The lowest BCUT2D eigenvalue weighted by molar-refractivity contribution is -0.142. The number of aliphatic imine (C=N–C) groups is 1. The minimum absolute atomic E-state index is 0.0357. The standard InChI is InChI=1S/C18H35N7O5S/c1-9(2)7-12(17(29)30)24-16(28)13(8-31)25-15(27)11(23-14(26)10(3)19)5-4-6-22-18(20)21/h9-13,31H,4-8,19H2,1-3H3,(H,23,26)(H,24,28)(H,25,27)(H,29,30)(H4,20,21,22)/t10-,11-,12-,13-/m0/s1. The lowest BCUT2D eigenvalue weighted by atomic mass is 10.0. The van der Waals surface area contributed by atoms with E-state index in [0.29, 0.717) is 6.42 Å². The molecule has 31 heavy (non-hydrogen) atoms. The summed E-state index contributed by atoms with van der Waals surface area (Å²) in [6.07, 6.45) is 0.793. The molecule has 0 radical (unpaired) electrons. The fourth-order valence-electron chi connectivity index (χ4n) is 2.51. The number of aliphatic carboxylic acids is 1. The summed E-state index contributed by atoms with van der Waals surface area (Å²) in [5.74, 6) is -3.17. The predicted octanol–water partition coefficient (Wildman–Crippen LogP) is -2.10. The van der Waals surface area contributed by atoms with Crippen LogP contribution in [0.5, 0.6) is 0 Å². The van der Waals surface area contributed by atoms with Crippen molar-refractivity contribution >= 4 is 42.3 Å². The van der Waals surface area contributed by atoms with Gasteiger partial charge in [0, 0.05) is 12.3 Å². The maximum absolute atomic E-state index is 12.7. The van der Waals surface area contributed by atoms with Gasteiger partial charge in [-0.15, -0.1) is 0 Å². The zero-order valence-electron chi connectivity index (χ0n) is 18.1. The third-order valence-corrected chi connectivity index (χ3v) is 4.49. The second-order valence-electron chi connectivity index (χ2n) is 7.57. The van der Waals surface area contributed by atoms with Crippen LogP contribution in [0.3, 0.4) is 0 Å². The van der Waals surface area contributed by atoms with Crippen molar-refractivity contribution in [1.82, 2.24) is 16.0 Å². The summed E-state index contributed by atoms with van der Waals surface area (Å²) in [7, 11) is 0. The van der Waals surface area contributed by atoms with E-state index in [1.165, 1.54) is 6.92 Å². The van der Waals surface area contributed by atoms with Crippen LogP contribution in [0.2, 0.25) is 0 Å². The Morgan fingerprint density at radius 2 is 1.45 bits per heavy atom. The Morgan fingerprint density at radius 3 is 1.90 bits per heavy atom. The smallest absolute Gasteiger partial charge is 0.326 e. The largest absolute Gasteiger partial charge is 0.480 e. The lowest BCUT2D eigenvalue weighted by Crippen LogP contribution is -2.57. The number of carbonyl (C=O) groups is 4. The lowest BCUT2D eigenvalue weighted by Gasteiger charge is -2.24. The maximum Gasteiger partial charge on any atom is 0.326 e. The third kappa shape index (κ3) is 12.0. The Morgan fingerprint density at radius 1 is 0.935 bits per heavy atom. The van der Waals surface area contributed by atoms with Gasteiger partial charge in [-0.2, -0.15) is 12.6 Å². The zero-order valence-corrected chi connectivity index (χ0v) is 19.0. The van der Waals surface area contributed by atoms with Crippen molar-refractivity contribution in [1.29, 1.82) is 0 Å². The Hall–Kier alpha value is -2.54. The molecule has 0 rings (SSSR count). The highest BCUT2D eigenvalue weighted by Gasteiger charge is 2.29. The van der Waals surface area contributed by atoms with Crippen molar-refractivity contribution in [3.05, 3.63) is 0 Å². The second kappa shape index (κ2) is 14.5. The van der Waals surface area contributed by atoms with E-state index in [-0.39, 0.29) is 37.0 Å². The van der Waals surface area contributed by atoms with E-state index in [4.69, 9.17) is 17.2 Å². The van der Waals surface area contributed by atoms with E-state index in [9.17, 15) is 24.3 Å². The molecular formula is C18H35N7O5S. The maximum atomic E-state index is 12.7. The number of nitrogens with zero attached hydrogens (tertiary/aromatic N) is 1. The van der Waals surface area contributed by atoms with Crippen LogP contribution in [0.4, 0.5) is 0 Å². The van der Waals surface area contributed by atoms with Crippen molar-refractivity contribution < 1.29 is 24.3 Å². The van der Waals surface area contributed by atoms with Crippen molar-refractivity contribution in [3.8, 4) is 0 Å². The summed E-state index contributed by atoms with van der Waals surface area (Å²) < 4.78 is 0. The Balaban J connectivity index is 5.20. The number of carboxylic acid groups (broad SMARTS) is 1. The van der Waals surface area contributed by atoms with Gasteiger partial charge < -0.3 is 38.3 Å². The highest BCUT2D eigenvalue weighted by Crippen LogP contribution is 2.06. The van der Waals surface area contributed by atoms with Crippen LogP contribution >= 0.6 is 12.6 Å². The van der Waals surface area contributed by atoms with Gasteiger partial charge in [0.05, 0.1) is 6.04 Å². The van der Waals surface area contributed by atoms with E-state index in [2.05, 4.69) is 33.6 Å². The van der Waals surface area contributed by atoms with Crippen LogP contribution in [0.1, 0.15) is 40.0 Å². The molecule has 3 amide bonds. The molecule has 0 aliphatic rings. The van der Waals surface area contributed by atoms with Gasteiger partial charge in [0.25, 0.3) is 0 Å². The first-order chi connectivity index (χ1) is 14.4. The molecule has 0 fully saturated rings. The number of hydrogen-bond donors (Lipinski definition) is 8. The van der Waals surface area contributed by atoms with Gasteiger partial charge in [-0.1, -0.05) is 13.8 Å². The fraction of sp³-hybridized carbons (Fsp3) is 0.722. The SMILES string of the molecule is CC(C)C[C@H](NC(=O)[C@H](CS)NC(=O)[C@H](CCCN=C(N)N)NC(=O)[C@H](C)N)C(=O)O. The summed E-state index contributed by atoms with van der Waals surface area (Å²) in [5, 5.41) is 16.7. The summed E-state index contributed by atoms with van der Waals surface area (Å²) >= 11 is 4.08. The first-order valence-electron chi connectivity index (χ1n) is 9.94. The van der Waals surface area contributed by atoms with Crippen molar-refractivity contribution in [2.45, 2.75) is 64.2 Å². The highest BCUT2D eigenvalue weighted by molar-refractivity contribution is 7.80. The number of carboxylic acids is 1. The molecular weight excluding hydrogens is 426 g/mol. The van der Waals surface area contributed by atoms with Crippen LogP contribution < -0.4 is 33.2 Å². The van der Waals surface area contributed by atoms with E-state index >= 15 is 0 Å². The van der Waals surface area contributed by atoms with E-state index in [1.807, 2.05) is 13.8 Å². The zero-order chi connectivity index (χ0) is 24.1. The van der Waals surface area contributed by atoms with Crippen molar-refractivity contribution in [2.24, 2.45) is 28.1 Å². The molecule has 0 unspecified atom stereocenters. The first kappa shape index (κ1) is 28.5. The molecule has 0 aliphatic heterocycles. The fourth-order valence-corrected chi connectivity index (χ4v) is 2.76. The minimum atomic E-state index is -1.17. The van der Waals surface area contributed by atoms with E-state index in [0.717, 1.165) is 0 Å². The number of rotatable bonds is 14. The third-order valence-electron chi connectivity index (χ3n) is 4.13. The summed E-state index contributed by atoms with van der Waals surface area (Å²) in [6.45, 7) is 5.36. The average molecular weight is 462 g/mol. The molecule has 178 valence electrons. The molecule has 0 saturated carbocycles. The van der Waals surface area contributed by atoms with Gasteiger partial charge in [-0.3, -0.25) is 19.4 Å². The van der Waals surface area contributed by atoms with Crippen LogP contribution in [0, 0.1) is 5.92 Å². The van der Waals surface area contributed by atoms with Crippen LogP contribution in [-0.2, 0) is 19.2 Å². The Kier molecular flexibility index (Phi) is 13.3. The molecule has 10 N–H and O–H groups in total. The number of thiol groups is 1. The Bertz CT molecular complexity index is 653. The number of amides is 3. The minimum Gasteiger partial charge on any atom is -0.480 e. The monoisotopic (exact) mass is 461 g/mol. The van der Waals surface area contributed by atoms with Crippen molar-refractivity contribution in [2.75, 3.05) is 12.3 Å². The molecule has 0 bridgehead atoms. The average Bonchev–Trinajstić information content (AvgIpc) is 2.66. The molecule has 0 spiro atoms. The normalized spacial score (nSPS) is 14.6. The van der Waals surface area contributed by atoms with Crippen LogP contribution in [-0.4, -0.2) is 71.2 Å². The molecule has 0 aromatic heterocycles. The molecule has 0 aromatic rings. The second-order valence-corrected chi connectivity index (χ2v) is 7.94. The predicted molar refractivity (Wildman–Crippen MR) is 120 cm³/mol. The van der Waals surface area contributed by atoms with Gasteiger partial charge in [0.2, 0.25) is 17.7 Å². The molecule has 0 aliphatic carbocycles. The van der Waals surface area contributed by atoms with Gasteiger partial charge in [0.1, 0.15) is 18.1 Å². The molecule has 4 atom stereocenters. The quantitative estimate of drug-likeness (QED) is 0.0619. The number of guanidine groups is 1. The molecule has 0 saturated heterocycles. The molecule has 13 heteroatoms. The molecule has 12 nitrogen and oxygen atoms in total. The van der Waals surface area contributed by atoms with E-state index < -0.39 is 47.9 Å². The highest BCUT2D eigenvalue weighted by atomic mass is 32.1. The number of hydrogen-bond acceptors (Lipinski definition) is 7. The summed E-state index contributed by atoms with van der Waals surface area (Å²) in [6, 6.07) is -4.03. The molecule has 0 heterocycles. The topological polar surface area (TPSA) is 215 Å². The van der Waals surface area contributed by atoms with Gasteiger partial charge >= 0.3 is 5.97 Å². The first-order valence-corrected chi connectivity index (χ1v) is 10.6. The number of nitrogens with one attached hydrogen (secondary N) is 3. The van der Waals surface area contributed by atoms with Gasteiger partial charge in [0.15, 0.2) is 5.96 Å². The number of nitrogens with two attached hydrogens (primary N) is 3. The Labute approximate surface area is 187 Å². The summed E-state index contributed by atoms with van der Waals surface area (Å²) in [4.78, 5) is 52.4. The van der Waals surface area contributed by atoms with E-state index in [1.54, 1.807) is 0 Å². The summed E-state index contributed by atoms with van der Waals surface area (Å²) in [5.41, 5.74) is 16.1. The van der Waals surface area contributed by atoms with Crippen LogP contribution in [0.25, 0.3) is 0 Å². The van der Waals surface area contributed by atoms with Crippen molar-refractivity contribution in [3.63, 3.8) is 0 Å². The van der Waals surface area contributed by atoms with Crippen LogP contribution in [0.15, 0.2) is 4.99 Å². The number of carbonyl (C=O) groups excluding carboxylic acids is 3. The van der Waals surface area contributed by atoms with Gasteiger partial charge in [-0.05, 0) is 32.1 Å².